The van der Waals surface area contributed by atoms with Crippen LogP contribution in [0.15, 0.2) is 16.6 Å². The van der Waals surface area contributed by atoms with Crippen molar-refractivity contribution in [1.82, 2.24) is 0 Å². The van der Waals surface area contributed by atoms with E-state index in [2.05, 4.69) is 22.9 Å². The summed E-state index contributed by atoms with van der Waals surface area (Å²) in [4.78, 5) is 0. The van der Waals surface area contributed by atoms with E-state index in [4.69, 9.17) is 5.73 Å². The summed E-state index contributed by atoms with van der Waals surface area (Å²) in [5.74, 6) is -1.13. The number of hydrogen-bond acceptors (Lipinski definition) is 1. The van der Waals surface area contributed by atoms with Crippen molar-refractivity contribution in [2.24, 2.45) is 5.73 Å². The molecule has 0 fully saturated rings. The van der Waals surface area contributed by atoms with E-state index in [0.717, 1.165) is 12.8 Å². The first-order chi connectivity index (χ1) is 9.07. The van der Waals surface area contributed by atoms with Crippen molar-refractivity contribution < 1.29 is 8.78 Å². The van der Waals surface area contributed by atoms with Crippen LogP contribution in [0.2, 0.25) is 0 Å². The monoisotopic (exact) mass is 333 g/mol. The lowest BCUT2D eigenvalue weighted by atomic mass is 9.99. The first kappa shape index (κ1) is 16.6. The topological polar surface area (TPSA) is 26.0 Å². The van der Waals surface area contributed by atoms with Gasteiger partial charge in [0, 0.05) is 11.6 Å². The van der Waals surface area contributed by atoms with E-state index in [9.17, 15) is 8.78 Å². The number of hydrogen-bond donors (Lipinski definition) is 1. The maximum Gasteiger partial charge on any atom is 0.145 e. The molecule has 0 radical (unpaired) electrons. The number of halogens is 3. The molecule has 0 heterocycles. The summed E-state index contributed by atoms with van der Waals surface area (Å²) in [6, 6.07) is 2.05. The third kappa shape index (κ3) is 5.19. The first-order valence-electron chi connectivity index (χ1n) is 6.96. The van der Waals surface area contributed by atoms with E-state index < -0.39 is 17.7 Å². The van der Waals surface area contributed by atoms with Gasteiger partial charge in [0.05, 0.1) is 4.47 Å². The smallest absolute Gasteiger partial charge is 0.145 e. The Bertz CT molecular complexity index is 396. The molecule has 0 aromatic heterocycles. The largest absolute Gasteiger partial charge is 0.324 e. The Morgan fingerprint density at radius 2 is 1.74 bits per heavy atom. The van der Waals surface area contributed by atoms with Crippen LogP contribution in [0.5, 0.6) is 0 Å². The summed E-state index contributed by atoms with van der Waals surface area (Å²) in [6.07, 6.45) is 7.47. The molecule has 19 heavy (non-hydrogen) atoms. The van der Waals surface area contributed by atoms with Crippen LogP contribution in [0.4, 0.5) is 8.78 Å². The molecule has 0 saturated heterocycles. The molecule has 0 aliphatic carbocycles. The van der Waals surface area contributed by atoms with Crippen LogP contribution in [0.1, 0.15) is 63.5 Å². The van der Waals surface area contributed by atoms with Crippen LogP contribution in [-0.2, 0) is 0 Å². The molecule has 1 unspecified atom stereocenters. The molecule has 0 aliphatic rings. The van der Waals surface area contributed by atoms with Gasteiger partial charge in [-0.15, -0.1) is 0 Å². The summed E-state index contributed by atoms with van der Waals surface area (Å²) in [5, 5.41) is 0. The highest BCUT2D eigenvalue weighted by atomic mass is 79.9. The van der Waals surface area contributed by atoms with Crippen molar-refractivity contribution in [2.75, 3.05) is 0 Å². The first-order valence-corrected chi connectivity index (χ1v) is 7.76. The van der Waals surface area contributed by atoms with Crippen LogP contribution < -0.4 is 5.73 Å². The van der Waals surface area contributed by atoms with Crippen molar-refractivity contribution in [3.8, 4) is 0 Å². The van der Waals surface area contributed by atoms with Crippen LogP contribution in [0.3, 0.4) is 0 Å². The Labute approximate surface area is 122 Å². The van der Waals surface area contributed by atoms with Crippen LogP contribution >= 0.6 is 15.9 Å². The van der Waals surface area contributed by atoms with Gasteiger partial charge in [-0.1, -0.05) is 45.4 Å². The number of benzene rings is 1. The average molecular weight is 334 g/mol. The molecule has 2 N–H and O–H groups in total. The fraction of sp³-hybridized carbons (Fsp3) is 0.600. The number of rotatable bonds is 8. The second kappa shape index (κ2) is 8.64. The van der Waals surface area contributed by atoms with Gasteiger partial charge in [-0.05, 0) is 34.5 Å². The van der Waals surface area contributed by atoms with Gasteiger partial charge in [0.15, 0.2) is 0 Å². The lowest BCUT2D eigenvalue weighted by molar-refractivity contribution is 0.489. The minimum atomic E-state index is -0.571. The summed E-state index contributed by atoms with van der Waals surface area (Å²) in [7, 11) is 0. The lowest BCUT2D eigenvalue weighted by Gasteiger charge is -2.14. The van der Waals surface area contributed by atoms with E-state index in [1.807, 2.05) is 0 Å². The highest BCUT2D eigenvalue weighted by Crippen LogP contribution is 2.28. The third-order valence-electron chi connectivity index (χ3n) is 3.32. The van der Waals surface area contributed by atoms with Crippen molar-refractivity contribution in [2.45, 2.75) is 57.9 Å². The molecule has 0 saturated carbocycles. The fourth-order valence-corrected chi connectivity index (χ4v) is 2.52. The fourth-order valence-electron chi connectivity index (χ4n) is 2.17. The predicted molar refractivity (Wildman–Crippen MR) is 79.0 cm³/mol. The Morgan fingerprint density at radius 3 is 2.42 bits per heavy atom. The van der Waals surface area contributed by atoms with Crippen LogP contribution in [0, 0.1) is 11.6 Å². The Kier molecular flexibility index (Phi) is 7.54. The van der Waals surface area contributed by atoms with E-state index in [0.29, 0.717) is 6.42 Å². The maximum absolute atomic E-state index is 13.8. The molecule has 108 valence electrons. The summed E-state index contributed by atoms with van der Waals surface area (Å²) < 4.78 is 27.7. The average Bonchev–Trinajstić information content (AvgIpc) is 2.38. The van der Waals surface area contributed by atoms with Crippen LogP contribution in [-0.4, -0.2) is 0 Å². The Hall–Kier alpha value is -0.480. The predicted octanol–water partition coefficient (Wildman–Crippen LogP) is 5.48. The van der Waals surface area contributed by atoms with E-state index in [-0.39, 0.29) is 10.0 Å². The second-order valence-corrected chi connectivity index (χ2v) is 5.77. The van der Waals surface area contributed by atoms with Crippen molar-refractivity contribution in [3.05, 3.63) is 33.8 Å². The number of unbranched alkanes of at least 4 members (excludes halogenated alkanes) is 5. The summed E-state index contributed by atoms with van der Waals surface area (Å²) in [6.45, 7) is 2.18. The maximum atomic E-state index is 13.8. The normalized spacial score (nSPS) is 12.7. The summed E-state index contributed by atoms with van der Waals surface area (Å²) >= 11 is 3.06. The minimum Gasteiger partial charge on any atom is -0.324 e. The van der Waals surface area contributed by atoms with Crippen molar-refractivity contribution >= 4 is 15.9 Å². The molecule has 0 aliphatic heterocycles. The molecule has 1 atom stereocenters. The van der Waals surface area contributed by atoms with Gasteiger partial charge in [0.1, 0.15) is 11.6 Å². The van der Waals surface area contributed by atoms with E-state index in [1.54, 1.807) is 0 Å². The van der Waals surface area contributed by atoms with E-state index >= 15 is 0 Å². The minimum absolute atomic E-state index is 0.00272. The quantitative estimate of drug-likeness (QED) is 0.494. The third-order valence-corrected chi connectivity index (χ3v) is 3.93. The molecule has 0 bridgehead atoms. The second-order valence-electron chi connectivity index (χ2n) is 4.92. The standard InChI is InChI=1S/C15H22BrF2N/c1-2-3-4-5-6-7-8-13(19)14-12(17)10-9-11(16)15(14)18/h9-10,13H,2-8,19H2,1H3. The highest BCUT2D eigenvalue weighted by Gasteiger charge is 2.18. The highest BCUT2D eigenvalue weighted by molar-refractivity contribution is 9.10. The summed E-state index contributed by atoms with van der Waals surface area (Å²) in [5.41, 5.74) is 5.91. The molecule has 1 aromatic carbocycles. The zero-order valence-electron chi connectivity index (χ0n) is 11.4. The van der Waals surface area contributed by atoms with Gasteiger partial charge in [-0.2, -0.15) is 0 Å². The molecule has 1 rings (SSSR count). The van der Waals surface area contributed by atoms with E-state index in [1.165, 1.54) is 37.8 Å². The molecular formula is C15H22BrF2N. The lowest BCUT2D eigenvalue weighted by Crippen LogP contribution is -2.14. The van der Waals surface area contributed by atoms with Gasteiger partial charge in [0.25, 0.3) is 0 Å². The molecule has 0 spiro atoms. The molecule has 0 amide bonds. The number of nitrogens with two attached hydrogens (primary N) is 1. The van der Waals surface area contributed by atoms with Gasteiger partial charge in [-0.3, -0.25) is 0 Å². The Morgan fingerprint density at radius 1 is 1.11 bits per heavy atom. The van der Waals surface area contributed by atoms with Crippen molar-refractivity contribution in [1.29, 1.82) is 0 Å². The molecule has 4 heteroatoms. The van der Waals surface area contributed by atoms with Gasteiger partial charge < -0.3 is 5.73 Å². The van der Waals surface area contributed by atoms with Gasteiger partial charge in [0.2, 0.25) is 0 Å². The van der Waals surface area contributed by atoms with Crippen LogP contribution in [0.25, 0.3) is 0 Å². The zero-order valence-corrected chi connectivity index (χ0v) is 13.0. The molecule has 1 aromatic rings. The van der Waals surface area contributed by atoms with Crippen molar-refractivity contribution in [3.63, 3.8) is 0 Å². The molecular weight excluding hydrogens is 312 g/mol. The zero-order chi connectivity index (χ0) is 14.3. The SMILES string of the molecule is CCCCCCCCC(N)c1c(F)ccc(Br)c1F. The van der Waals surface area contributed by atoms with Gasteiger partial charge >= 0.3 is 0 Å². The van der Waals surface area contributed by atoms with Gasteiger partial charge in [-0.25, -0.2) is 8.78 Å². The Balaban J connectivity index is 2.45. The molecule has 1 nitrogen and oxygen atoms in total.